The standard InChI is InChI=1S/C48H48N14O5/c1-4-32-9-8-12-36(24-32)55-45(65)59-27-47(28-59,19-21-49)61-25-38(41(51)63)42(57-61)53-34-13-15-35(16-14-34)54-44(64)39-26-62(58-43(39)52-33-10-6-5-7-11-33)48(20-22-50)29-60(30-48)46(66)56-40-18-17-37(67-3)23-31(40)2/h5-18,23-26H,4,19-20,27-30H2,1-3H3,(H2,51,63)(H,52,58)(H,53,57)(H,54,64)(H,55,65)(H,56,66). The molecule has 0 bridgehead atoms. The molecule has 340 valence electrons. The number of nitrogens with one attached hydrogen (secondary N) is 5. The number of hydrogen-bond donors (Lipinski definition) is 6. The summed E-state index contributed by atoms with van der Waals surface area (Å²) >= 11 is 0. The maximum Gasteiger partial charge on any atom is 0.322 e. The van der Waals surface area contributed by atoms with Crippen molar-refractivity contribution >= 4 is 63.9 Å². The molecule has 0 radical (unpaired) electrons. The van der Waals surface area contributed by atoms with Gasteiger partial charge in [-0.3, -0.25) is 19.0 Å². The minimum absolute atomic E-state index is 0.0251. The molecular weight excluding hydrogens is 853 g/mol. The minimum Gasteiger partial charge on any atom is -0.497 e. The fourth-order valence-corrected chi connectivity index (χ4v) is 8.15. The quantitative estimate of drug-likeness (QED) is 0.0606. The molecule has 8 rings (SSSR count). The van der Waals surface area contributed by atoms with Crippen LogP contribution in [0.15, 0.2) is 109 Å². The van der Waals surface area contributed by atoms with Gasteiger partial charge in [-0.2, -0.15) is 20.7 Å². The van der Waals surface area contributed by atoms with Crippen molar-refractivity contribution in [3.05, 3.63) is 132 Å². The van der Waals surface area contributed by atoms with Gasteiger partial charge < -0.3 is 46.9 Å². The Bertz CT molecular complexity index is 2920. The number of ether oxygens (including phenoxy) is 1. The van der Waals surface area contributed by atoms with Crippen LogP contribution in [0.1, 0.15) is 51.6 Å². The monoisotopic (exact) mass is 900 g/mol. The number of primary amides is 1. The Morgan fingerprint density at radius 2 is 1.24 bits per heavy atom. The van der Waals surface area contributed by atoms with E-state index in [9.17, 15) is 29.7 Å². The Hall–Kier alpha value is -8.84. The van der Waals surface area contributed by atoms with E-state index in [1.165, 1.54) is 10.9 Å². The summed E-state index contributed by atoms with van der Waals surface area (Å²) in [5.41, 5.74) is 9.11. The predicted molar refractivity (Wildman–Crippen MR) is 252 cm³/mol. The fourth-order valence-electron chi connectivity index (χ4n) is 8.15. The van der Waals surface area contributed by atoms with E-state index in [2.05, 4.69) is 43.8 Å². The summed E-state index contributed by atoms with van der Waals surface area (Å²) in [4.78, 5) is 56.4. The Kier molecular flexibility index (Phi) is 12.5. The number of methoxy groups -OCH3 is 1. The van der Waals surface area contributed by atoms with Crippen LogP contribution in [-0.4, -0.2) is 86.5 Å². The van der Waals surface area contributed by atoms with Crippen molar-refractivity contribution < 1.29 is 23.9 Å². The summed E-state index contributed by atoms with van der Waals surface area (Å²) in [6.07, 6.45) is 3.94. The molecule has 0 spiro atoms. The number of aryl methyl sites for hydroxylation is 2. The second kappa shape index (κ2) is 18.7. The van der Waals surface area contributed by atoms with Crippen molar-refractivity contribution in [1.82, 2.24) is 29.4 Å². The molecule has 4 aromatic carbocycles. The maximum absolute atomic E-state index is 14.1. The number of carbonyl (C=O) groups is 4. The molecule has 0 saturated carbocycles. The zero-order valence-corrected chi connectivity index (χ0v) is 37.0. The minimum atomic E-state index is -0.904. The molecule has 7 N–H and O–H groups in total. The SMILES string of the molecule is CCc1cccc(NC(=O)N2CC(CC#N)(n3cc(C(N)=O)c(Nc4ccc(NC(=O)c5cn(C6(CC#N)CN(C(=O)Nc7ccc(OC)cc7C)C6)nc5Nc5ccccc5)cc4)n3)C2)c1. The number of amides is 6. The van der Waals surface area contributed by atoms with Crippen LogP contribution in [0.25, 0.3) is 0 Å². The van der Waals surface area contributed by atoms with Crippen molar-refractivity contribution in [3.63, 3.8) is 0 Å². The Morgan fingerprint density at radius 3 is 1.81 bits per heavy atom. The lowest BCUT2D eigenvalue weighted by atomic mass is 9.87. The first-order valence-corrected chi connectivity index (χ1v) is 21.4. The first kappa shape index (κ1) is 44.8. The van der Waals surface area contributed by atoms with E-state index in [1.807, 2.05) is 74.5 Å². The van der Waals surface area contributed by atoms with E-state index < -0.39 is 22.9 Å². The van der Waals surface area contributed by atoms with Crippen LogP contribution in [0.3, 0.4) is 0 Å². The summed E-state index contributed by atoms with van der Waals surface area (Å²) in [5, 5.41) is 44.3. The van der Waals surface area contributed by atoms with Crippen LogP contribution < -0.4 is 37.1 Å². The first-order valence-electron chi connectivity index (χ1n) is 21.4. The second-order valence-corrected chi connectivity index (χ2v) is 16.6. The van der Waals surface area contributed by atoms with Crippen molar-refractivity contribution in [3.8, 4) is 17.9 Å². The molecule has 19 heteroatoms. The van der Waals surface area contributed by atoms with Crippen LogP contribution >= 0.6 is 0 Å². The van der Waals surface area contributed by atoms with Gasteiger partial charge >= 0.3 is 12.1 Å². The molecule has 2 aliphatic rings. The Labute approximate surface area is 386 Å². The predicted octanol–water partition coefficient (Wildman–Crippen LogP) is 7.11. The molecule has 67 heavy (non-hydrogen) atoms. The molecule has 2 aliphatic heterocycles. The number of hydrogen-bond acceptors (Lipinski definition) is 11. The number of nitrogens with zero attached hydrogens (tertiary/aromatic N) is 8. The normalized spacial score (nSPS) is 14.3. The topological polar surface area (TPSA) is 253 Å². The molecule has 6 amide bonds. The summed E-state index contributed by atoms with van der Waals surface area (Å²) in [6.45, 7) is 4.59. The van der Waals surface area contributed by atoms with Crippen LogP contribution in [0.4, 0.5) is 49.7 Å². The lowest BCUT2D eigenvalue weighted by Crippen LogP contribution is -2.65. The van der Waals surface area contributed by atoms with Gasteiger partial charge in [-0.05, 0) is 91.2 Å². The molecule has 2 saturated heterocycles. The number of nitriles is 2. The number of urea groups is 2. The third-order valence-electron chi connectivity index (χ3n) is 11.9. The third-order valence-corrected chi connectivity index (χ3v) is 11.9. The molecule has 6 aromatic rings. The third kappa shape index (κ3) is 9.38. The van der Waals surface area contributed by atoms with E-state index in [-0.39, 0.29) is 73.8 Å². The van der Waals surface area contributed by atoms with Gasteiger partial charge in [0.05, 0.1) is 58.3 Å². The van der Waals surface area contributed by atoms with E-state index in [1.54, 1.807) is 64.2 Å². The number of para-hydroxylation sites is 1. The van der Waals surface area contributed by atoms with Gasteiger partial charge in [0.25, 0.3) is 11.8 Å². The van der Waals surface area contributed by atoms with Crippen LogP contribution in [0.5, 0.6) is 5.75 Å². The highest BCUT2D eigenvalue weighted by atomic mass is 16.5. The van der Waals surface area contributed by atoms with Gasteiger partial charge in [0, 0.05) is 40.8 Å². The maximum atomic E-state index is 14.1. The number of carbonyl (C=O) groups excluding carboxylic acids is 4. The summed E-state index contributed by atoms with van der Waals surface area (Å²) in [7, 11) is 1.57. The summed E-state index contributed by atoms with van der Waals surface area (Å²) in [6, 6.07) is 32.6. The molecule has 0 aliphatic carbocycles. The van der Waals surface area contributed by atoms with Crippen LogP contribution in [-0.2, 0) is 17.5 Å². The van der Waals surface area contributed by atoms with Gasteiger partial charge in [0.15, 0.2) is 11.6 Å². The lowest BCUT2D eigenvalue weighted by Gasteiger charge is -2.48. The van der Waals surface area contributed by atoms with Crippen LogP contribution in [0.2, 0.25) is 0 Å². The highest BCUT2D eigenvalue weighted by molar-refractivity contribution is 6.08. The smallest absolute Gasteiger partial charge is 0.322 e. The van der Waals surface area contributed by atoms with Crippen LogP contribution in [0, 0.1) is 29.6 Å². The first-order chi connectivity index (χ1) is 32.3. The Balaban J connectivity index is 0.962. The van der Waals surface area contributed by atoms with Gasteiger partial charge in [-0.15, -0.1) is 0 Å². The van der Waals surface area contributed by atoms with E-state index in [4.69, 9.17) is 15.6 Å². The number of likely N-dealkylation sites (tertiary alicyclic amines) is 2. The average Bonchev–Trinajstić information content (AvgIpc) is 3.92. The zero-order chi connectivity index (χ0) is 47.3. The van der Waals surface area contributed by atoms with Gasteiger partial charge in [0.2, 0.25) is 0 Å². The van der Waals surface area contributed by atoms with Gasteiger partial charge in [-0.1, -0.05) is 37.3 Å². The Morgan fingerprint density at radius 1 is 0.687 bits per heavy atom. The number of nitrogens with two attached hydrogens (primary N) is 1. The van der Waals surface area contributed by atoms with Gasteiger partial charge in [-0.25, -0.2) is 9.59 Å². The van der Waals surface area contributed by atoms with Crippen molar-refractivity contribution in [2.45, 2.75) is 44.2 Å². The highest BCUT2D eigenvalue weighted by Gasteiger charge is 2.49. The number of aromatic nitrogens is 4. The molecule has 2 fully saturated rings. The molecular formula is C48H48N14O5. The van der Waals surface area contributed by atoms with E-state index >= 15 is 0 Å². The van der Waals surface area contributed by atoms with Crippen molar-refractivity contribution in [2.75, 3.05) is 59.9 Å². The zero-order valence-electron chi connectivity index (χ0n) is 37.0. The molecule has 0 atom stereocenters. The largest absolute Gasteiger partial charge is 0.497 e. The van der Waals surface area contributed by atoms with E-state index in [0.717, 1.165) is 17.5 Å². The number of benzene rings is 4. The van der Waals surface area contributed by atoms with Crippen molar-refractivity contribution in [1.29, 1.82) is 10.5 Å². The molecule has 0 unspecified atom stereocenters. The lowest BCUT2D eigenvalue weighted by molar-refractivity contribution is 0.0401. The highest BCUT2D eigenvalue weighted by Crippen LogP contribution is 2.37. The second-order valence-electron chi connectivity index (χ2n) is 16.6. The van der Waals surface area contributed by atoms with E-state index in [0.29, 0.717) is 34.2 Å². The summed E-state index contributed by atoms with van der Waals surface area (Å²) in [5.74, 6) is -0.163. The number of rotatable bonds is 15. The number of anilines is 7. The molecule has 2 aromatic heterocycles. The molecule has 4 heterocycles. The summed E-state index contributed by atoms with van der Waals surface area (Å²) < 4.78 is 8.39. The van der Waals surface area contributed by atoms with Crippen molar-refractivity contribution in [2.24, 2.45) is 5.73 Å². The average molecular weight is 901 g/mol. The fraction of sp³-hybridized carbons (Fsp3) is 0.250. The van der Waals surface area contributed by atoms with Gasteiger partial charge in [0.1, 0.15) is 28.0 Å². The molecule has 19 nitrogen and oxygen atoms in total.